The SMILES string of the molecule is Cc1ccc(-c2nnn(CC(=O)N3N=C(c4cccs4)CC3c3cccs3)n2)cc1. The van der Waals surface area contributed by atoms with E-state index in [0.29, 0.717) is 12.2 Å². The first kappa shape index (κ1) is 18.8. The number of benzene rings is 1. The summed E-state index contributed by atoms with van der Waals surface area (Å²) >= 11 is 3.27. The van der Waals surface area contributed by atoms with Crippen molar-refractivity contribution < 1.29 is 4.79 Å². The standard InChI is InChI=1S/C21H18N6OS2/c1-14-6-8-15(9-7-14)21-22-25-26(24-21)13-20(28)27-17(19-5-3-11-30-19)12-16(23-27)18-4-2-10-29-18/h2-11,17H,12-13H2,1H3. The van der Waals surface area contributed by atoms with Crippen molar-refractivity contribution in [1.29, 1.82) is 0 Å². The quantitative estimate of drug-likeness (QED) is 0.473. The number of hydrazone groups is 1. The molecule has 0 fully saturated rings. The molecular weight excluding hydrogens is 416 g/mol. The van der Waals surface area contributed by atoms with E-state index in [2.05, 4.69) is 20.5 Å². The molecule has 1 unspecified atom stereocenters. The summed E-state index contributed by atoms with van der Waals surface area (Å²) in [7, 11) is 0. The highest BCUT2D eigenvalue weighted by molar-refractivity contribution is 7.12. The maximum atomic E-state index is 13.1. The zero-order valence-corrected chi connectivity index (χ0v) is 17.8. The molecule has 1 aliphatic heterocycles. The molecule has 7 nitrogen and oxygen atoms in total. The largest absolute Gasteiger partial charge is 0.271 e. The first-order valence-electron chi connectivity index (χ1n) is 9.49. The summed E-state index contributed by atoms with van der Waals surface area (Å²) in [6.07, 6.45) is 0.701. The number of tetrazole rings is 1. The molecule has 3 aromatic heterocycles. The van der Waals surface area contributed by atoms with Crippen molar-refractivity contribution in [2.24, 2.45) is 5.10 Å². The fraction of sp³-hybridized carbons (Fsp3) is 0.190. The molecule has 0 radical (unpaired) electrons. The third-order valence-electron chi connectivity index (χ3n) is 4.88. The van der Waals surface area contributed by atoms with E-state index in [1.807, 2.05) is 66.2 Å². The maximum absolute atomic E-state index is 13.1. The fourth-order valence-corrected chi connectivity index (χ4v) is 4.89. The van der Waals surface area contributed by atoms with Crippen molar-refractivity contribution in [3.05, 3.63) is 74.6 Å². The first-order valence-corrected chi connectivity index (χ1v) is 11.2. The molecule has 0 bridgehead atoms. The molecule has 4 heterocycles. The summed E-state index contributed by atoms with van der Waals surface area (Å²) in [4.78, 5) is 16.7. The van der Waals surface area contributed by atoms with Crippen LogP contribution >= 0.6 is 22.7 Å². The van der Waals surface area contributed by atoms with Crippen LogP contribution in [0.15, 0.2) is 64.4 Å². The smallest absolute Gasteiger partial charge is 0.266 e. The van der Waals surface area contributed by atoms with Crippen LogP contribution in [0.1, 0.15) is 27.8 Å². The second-order valence-corrected chi connectivity index (χ2v) is 8.93. The Morgan fingerprint density at radius 1 is 1.10 bits per heavy atom. The fourth-order valence-electron chi connectivity index (χ4n) is 3.36. The maximum Gasteiger partial charge on any atom is 0.266 e. The van der Waals surface area contributed by atoms with Gasteiger partial charge in [-0.3, -0.25) is 4.79 Å². The van der Waals surface area contributed by atoms with Crippen LogP contribution < -0.4 is 0 Å². The lowest BCUT2D eigenvalue weighted by molar-refractivity contribution is -0.134. The Bertz CT molecular complexity index is 1180. The first-order chi connectivity index (χ1) is 14.7. The van der Waals surface area contributed by atoms with Crippen LogP contribution in [0.5, 0.6) is 0 Å². The Morgan fingerprint density at radius 3 is 2.63 bits per heavy atom. The average Bonchev–Trinajstić information content (AvgIpc) is 3.55. The molecule has 150 valence electrons. The highest BCUT2D eigenvalue weighted by atomic mass is 32.1. The molecule has 4 aromatic rings. The summed E-state index contributed by atoms with van der Waals surface area (Å²) in [6.45, 7) is 2.01. The number of carbonyl (C=O) groups is 1. The monoisotopic (exact) mass is 434 g/mol. The summed E-state index contributed by atoms with van der Waals surface area (Å²) < 4.78 is 0. The molecule has 1 amide bonds. The summed E-state index contributed by atoms with van der Waals surface area (Å²) in [5.41, 5.74) is 2.97. The van der Waals surface area contributed by atoms with E-state index in [4.69, 9.17) is 0 Å². The molecule has 0 spiro atoms. The van der Waals surface area contributed by atoms with Gasteiger partial charge in [0.2, 0.25) is 5.82 Å². The Balaban J connectivity index is 1.38. The molecule has 0 aliphatic carbocycles. The van der Waals surface area contributed by atoms with Crippen molar-refractivity contribution in [2.45, 2.75) is 25.9 Å². The minimum Gasteiger partial charge on any atom is -0.271 e. The number of rotatable bonds is 5. The van der Waals surface area contributed by atoms with Crippen LogP contribution in [0.25, 0.3) is 11.4 Å². The molecule has 30 heavy (non-hydrogen) atoms. The van der Waals surface area contributed by atoms with Gasteiger partial charge in [0.15, 0.2) is 0 Å². The zero-order valence-electron chi connectivity index (χ0n) is 16.2. The van der Waals surface area contributed by atoms with Gasteiger partial charge >= 0.3 is 0 Å². The second kappa shape index (κ2) is 7.92. The number of aryl methyl sites for hydroxylation is 1. The molecule has 0 saturated heterocycles. The molecule has 9 heteroatoms. The van der Waals surface area contributed by atoms with Gasteiger partial charge in [-0.1, -0.05) is 42.0 Å². The second-order valence-electron chi connectivity index (χ2n) is 7.01. The van der Waals surface area contributed by atoms with E-state index in [0.717, 1.165) is 26.6 Å². The summed E-state index contributed by atoms with van der Waals surface area (Å²) in [5, 5.41) is 22.8. The predicted octanol–water partition coefficient (Wildman–Crippen LogP) is 4.15. The van der Waals surface area contributed by atoms with E-state index >= 15 is 0 Å². The van der Waals surface area contributed by atoms with Gasteiger partial charge in [0.05, 0.1) is 16.6 Å². The Labute approximate surface area is 181 Å². The van der Waals surface area contributed by atoms with E-state index in [-0.39, 0.29) is 18.5 Å². The lowest BCUT2D eigenvalue weighted by Gasteiger charge is -2.20. The highest BCUT2D eigenvalue weighted by Gasteiger charge is 2.34. The van der Waals surface area contributed by atoms with Crippen molar-refractivity contribution >= 4 is 34.3 Å². The van der Waals surface area contributed by atoms with Crippen LogP contribution in [0.3, 0.4) is 0 Å². The Kier molecular flexibility index (Phi) is 4.97. The van der Waals surface area contributed by atoms with E-state index < -0.39 is 0 Å². The van der Waals surface area contributed by atoms with Crippen LogP contribution in [-0.4, -0.2) is 36.8 Å². The number of nitrogens with zero attached hydrogens (tertiary/aromatic N) is 6. The molecule has 0 N–H and O–H groups in total. The number of hydrogen-bond donors (Lipinski definition) is 0. The molecule has 5 rings (SSSR count). The number of aromatic nitrogens is 4. The third-order valence-corrected chi connectivity index (χ3v) is 6.77. The highest BCUT2D eigenvalue weighted by Crippen LogP contribution is 2.36. The summed E-state index contributed by atoms with van der Waals surface area (Å²) in [6, 6.07) is 15.9. The van der Waals surface area contributed by atoms with E-state index in [9.17, 15) is 4.79 Å². The molecular formula is C21H18N6OS2. The van der Waals surface area contributed by atoms with E-state index in [1.54, 1.807) is 27.7 Å². The van der Waals surface area contributed by atoms with Gasteiger partial charge in [-0.2, -0.15) is 9.90 Å². The minimum atomic E-state index is -0.159. The van der Waals surface area contributed by atoms with Crippen LogP contribution in [0.4, 0.5) is 0 Å². The molecule has 1 atom stereocenters. The Morgan fingerprint density at radius 2 is 1.90 bits per heavy atom. The normalized spacial score (nSPS) is 16.1. The van der Waals surface area contributed by atoms with Crippen molar-refractivity contribution in [1.82, 2.24) is 25.2 Å². The Hall–Kier alpha value is -3.17. The van der Waals surface area contributed by atoms with Crippen LogP contribution in [0.2, 0.25) is 0 Å². The van der Waals surface area contributed by atoms with Gasteiger partial charge in [-0.15, -0.1) is 32.9 Å². The summed E-state index contributed by atoms with van der Waals surface area (Å²) in [5.74, 6) is 0.342. The van der Waals surface area contributed by atoms with Gasteiger partial charge in [0, 0.05) is 16.9 Å². The van der Waals surface area contributed by atoms with Gasteiger partial charge < -0.3 is 0 Å². The number of hydrogen-bond acceptors (Lipinski definition) is 7. The van der Waals surface area contributed by atoms with Crippen molar-refractivity contribution in [3.8, 4) is 11.4 Å². The number of carbonyl (C=O) groups excluding carboxylic acids is 1. The van der Waals surface area contributed by atoms with Gasteiger partial charge in [0.25, 0.3) is 5.91 Å². The third kappa shape index (κ3) is 3.69. The topological polar surface area (TPSA) is 76.3 Å². The number of amides is 1. The minimum absolute atomic E-state index is 0.0119. The molecule has 1 aliphatic rings. The van der Waals surface area contributed by atoms with Crippen LogP contribution in [0, 0.1) is 6.92 Å². The lowest BCUT2D eigenvalue weighted by Crippen LogP contribution is -2.30. The van der Waals surface area contributed by atoms with Crippen molar-refractivity contribution in [2.75, 3.05) is 0 Å². The average molecular weight is 435 g/mol. The van der Waals surface area contributed by atoms with Gasteiger partial charge in [-0.25, -0.2) is 5.01 Å². The van der Waals surface area contributed by atoms with Gasteiger partial charge in [-0.05, 0) is 35.0 Å². The lowest BCUT2D eigenvalue weighted by atomic mass is 10.1. The zero-order chi connectivity index (χ0) is 20.5. The molecule has 0 saturated carbocycles. The van der Waals surface area contributed by atoms with Crippen LogP contribution in [-0.2, 0) is 11.3 Å². The number of thiophene rings is 2. The van der Waals surface area contributed by atoms with Gasteiger partial charge in [0.1, 0.15) is 6.54 Å². The molecule has 1 aromatic carbocycles. The van der Waals surface area contributed by atoms with E-state index in [1.165, 1.54) is 4.80 Å². The predicted molar refractivity (Wildman–Crippen MR) is 117 cm³/mol. The van der Waals surface area contributed by atoms with Crippen molar-refractivity contribution in [3.63, 3.8) is 0 Å².